The maximum absolute atomic E-state index is 12.1. The van der Waals surface area contributed by atoms with Crippen molar-refractivity contribution in [3.8, 4) is 5.88 Å². The Morgan fingerprint density at radius 2 is 2.11 bits per heavy atom. The number of rotatable bonds is 7. The minimum absolute atomic E-state index is 0.0220. The van der Waals surface area contributed by atoms with Gasteiger partial charge in [0.1, 0.15) is 16.7 Å². The van der Waals surface area contributed by atoms with Crippen LogP contribution in [-0.2, 0) is 6.54 Å². The molecule has 0 aliphatic rings. The van der Waals surface area contributed by atoms with Crippen LogP contribution in [0.5, 0.6) is 5.88 Å². The number of aromatic nitrogens is 3. The second-order valence-corrected chi connectivity index (χ2v) is 6.50. The molecule has 0 radical (unpaired) electrons. The number of carbonyl (C=O) groups is 2. The van der Waals surface area contributed by atoms with Gasteiger partial charge in [0, 0.05) is 24.2 Å². The van der Waals surface area contributed by atoms with E-state index in [1.165, 1.54) is 0 Å². The lowest BCUT2D eigenvalue weighted by atomic mass is 10.2. The number of nitrogens with one attached hydrogen (secondary N) is 2. The normalized spacial score (nSPS) is 11.5. The summed E-state index contributed by atoms with van der Waals surface area (Å²) in [4.78, 5) is 32.2. The van der Waals surface area contributed by atoms with E-state index in [9.17, 15) is 9.59 Å². The number of nitrogens with two attached hydrogens (primary N) is 1. The van der Waals surface area contributed by atoms with Crippen molar-refractivity contribution in [3.63, 3.8) is 0 Å². The maximum atomic E-state index is 12.1. The third-order valence-corrected chi connectivity index (χ3v) is 4.48. The van der Waals surface area contributed by atoms with Gasteiger partial charge in [0.2, 0.25) is 5.88 Å². The van der Waals surface area contributed by atoms with Crippen molar-refractivity contribution in [2.45, 2.75) is 19.6 Å². The van der Waals surface area contributed by atoms with E-state index in [1.54, 1.807) is 43.7 Å². The van der Waals surface area contributed by atoms with E-state index >= 15 is 0 Å². The summed E-state index contributed by atoms with van der Waals surface area (Å²) in [5.74, 6) is -0.684. The van der Waals surface area contributed by atoms with Crippen LogP contribution < -0.4 is 21.1 Å². The number of ether oxygens (including phenoxy) is 1. The number of hydrogen-bond donors (Lipinski definition) is 3. The second-order valence-electron chi connectivity index (χ2n) is 5.73. The zero-order valence-corrected chi connectivity index (χ0v) is 15.8. The zero-order valence-electron chi connectivity index (χ0n) is 15.0. The highest BCUT2D eigenvalue weighted by Gasteiger charge is 2.23. The van der Waals surface area contributed by atoms with Crippen LogP contribution in [0.1, 0.15) is 34.6 Å². The van der Waals surface area contributed by atoms with Crippen LogP contribution in [0.4, 0.5) is 9.80 Å². The number of hydrogen-bond acceptors (Lipinski definition) is 7. The second kappa shape index (κ2) is 8.91. The fourth-order valence-corrected chi connectivity index (χ4v) is 3.06. The summed E-state index contributed by atoms with van der Waals surface area (Å²) in [6.07, 6.45) is 4.54. The molecule has 3 rings (SSSR count). The van der Waals surface area contributed by atoms with Gasteiger partial charge in [-0.15, -0.1) is 0 Å². The smallest absolute Gasteiger partial charge is 0.320 e. The van der Waals surface area contributed by atoms with E-state index in [1.807, 2.05) is 12.1 Å². The fraction of sp³-hybridized carbons (Fsp3) is 0.167. The van der Waals surface area contributed by atoms with Crippen LogP contribution in [0.25, 0.3) is 0 Å². The van der Waals surface area contributed by atoms with Crippen molar-refractivity contribution >= 4 is 28.5 Å². The highest BCUT2D eigenvalue weighted by atomic mass is 32.1. The molecule has 1 unspecified atom stereocenters. The van der Waals surface area contributed by atoms with Crippen LogP contribution in [0.2, 0.25) is 0 Å². The van der Waals surface area contributed by atoms with Crippen molar-refractivity contribution < 1.29 is 14.3 Å². The Kier molecular flexibility index (Phi) is 6.12. The molecule has 0 fully saturated rings. The molecule has 1 atom stereocenters. The molecule has 0 saturated carbocycles. The van der Waals surface area contributed by atoms with Crippen LogP contribution in [-0.4, -0.2) is 26.3 Å². The first-order valence-electron chi connectivity index (χ1n) is 8.35. The highest BCUT2D eigenvalue weighted by molar-refractivity contribution is 7.11. The molecule has 4 N–H and O–H groups in total. The van der Waals surface area contributed by atoms with E-state index in [2.05, 4.69) is 25.0 Å². The van der Waals surface area contributed by atoms with Gasteiger partial charge < -0.3 is 15.8 Å². The van der Waals surface area contributed by atoms with E-state index in [-0.39, 0.29) is 23.0 Å². The number of pyridine rings is 2. The number of anilines is 1. The van der Waals surface area contributed by atoms with Crippen molar-refractivity contribution in [1.29, 1.82) is 0 Å². The van der Waals surface area contributed by atoms with Gasteiger partial charge in [-0.2, -0.15) is 4.37 Å². The topological polar surface area (TPSA) is 132 Å². The van der Waals surface area contributed by atoms with Crippen LogP contribution >= 0.6 is 11.5 Å². The molecule has 9 nitrogen and oxygen atoms in total. The predicted molar refractivity (Wildman–Crippen MR) is 104 cm³/mol. The Bertz CT molecular complexity index is 948. The molecule has 28 heavy (non-hydrogen) atoms. The molecule has 10 heteroatoms. The lowest BCUT2D eigenvalue weighted by Gasteiger charge is -2.13. The Hall–Kier alpha value is -3.53. The van der Waals surface area contributed by atoms with Crippen LogP contribution in [0.15, 0.2) is 48.9 Å². The average Bonchev–Trinajstić information content (AvgIpc) is 3.10. The standard InChI is InChI=1S/C18H18N6O3S/c1-11(12-5-4-7-20-9-12)27-16-14(15(19)25)17(28-24-16)23-18(26)22-10-13-6-2-3-8-21-13/h2-9,11H,10H2,1H3,(H2,19,25)(H2,22,23,26). The summed E-state index contributed by atoms with van der Waals surface area (Å²) >= 11 is 0.913. The van der Waals surface area contributed by atoms with Gasteiger partial charge in [0.15, 0.2) is 0 Å². The molecule has 0 aliphatic heterocycles. The first-order valence-corrected chi connectivity index (χ1v) is 9.12. The van der Waals surface area contributed by atoms with Gasteiger partial charge in [0.25, 0.3) is 5.91 Å². The number of amides is 3. The predicted octanol–water partition coefficient (Wildman–Crippen LogP) is 2.49. The minimum Gasteiger partial charge on any atom is -0.468 e. The minimum atomic E-state index is -0.748. The first-order chi connectivity index (χ1) is 13.5. The Labute approximate surface area is 165 Å². The maximum Gasteiger partial charge on any atom is 0.320 e. The summed E-state index contributed by atoms with van der Waals surface area (Å²) < 4.78 is 9.88. The Morgan fingerprint density at radius 1 is 1.25 bits per heavy atom. The van der Waals surface area contributed by atoms with Crippen LogP contribution in [0.3, 0.4) is 0 Å². The number of urea groups is 1. The molecule has 3 heterocycles. The van der Waals surface area contributed by atoms with E-state index in [0.717, 1.165) is 17.1 Å². The van der Waals surface area contributed by atoms with Gasteiger partial charge in [-0.05, 0) is 36.7 Å². The molecule has 3 amide bonds. The lowest BCUT2D eigenvalue weighted by molar-refractivity contribution is 0.0994. The summed E-state index contributed by atoms with van der Waals surface area (Å²) in [6.45, 7) is 2.03. The summed E-state index contributed by atoms with van der Waals surface area (Å²) in [5, 5.41) is 5.44. The van der Waals surface area contributed by atoms with E-state index < -0.39 is 18.0 Å². The largest absolute Gasteiger partial charge is 0.468 e. The molecular weight excluding hydrogens is 380 g/mol. The van der Waals surface area contributed by atoms with Gasteiger partial charge in [0.05, 0.1) is 12.2 Å². The quantitative estimate of drug-likeness (QED) is 0.560. The van der Waals surface area contributed by atoms with Crippen molar-refractivity contribution in [2.75, 3.05) is 5.32 Å². The third kappa shape index (κ3) is 4.80. The SMILES string of the molecule is CC(Oc1nsc(NC(=O)NCc2ccccn2)c1C(N)=O)c1cccnc1. The molecule has 3 aromatic rings. The molecule has 0 saturated heterocycles. The van der Waals surface area contributed by atoms with Crippen molar-refractivity contribution in [3.05, 3.63) is 65.7 Å². The zero-order chi connectivity index (χ0) is 19.9. The number of nitrogens with zero attached hydrogens (tertiary/aromatic N) is 3. The van der Waals surface area contributed by atoms with E-state index in [4.69, 9.17) is 10.5 Å². The average molecular weight is 398 g/mol. The van der Waals surface area contributed by atoms with Crippen LogP contribution in [0, 0.1) is 0 Å². The Balaban J connectivity index is 1.68. The first kappa shape index (κ1) is 19.2. The molecule has 3 aromatic heterocycles. The van der Waals surface area contributed by atoms with Gasteiger partial charge in [-0.3, -0.25) is 20.1 Å². The fourth-order valence-electron chi connectivity index (χ4n) is 2.33. The van der Waals surface area contributed by atoms with Crippen molar-refractivity contribution in [1.82, 2.24) is 19.7 Å². The molecular formula is C18H18N6O3S. The molecule has 0 aromatic carbocycles. The molecule has 0 spiro atoms. The number of carbonyl (C=O) groups excluding carboxylic acids is 2. The molecule has 0 aliphatic carbocycles. The Morgan fingerprint density at radius 3 is 2.79 bits per heavy atom. The third-order valence-electron chi connectivity index (χ3n) is 3.73. The van der Waals surface area contributed by atoms with Gasteiger partial charge in [-0.1, -0.05) is 12.1 Å². The number of primary amides is 1. The summed E-state index contributed by atoms with van der Waals surface area (Å²) in [6, 6.07) is 8.51. The molecule has 0 bridgehead atoms. The highest BCUT2D eigenvalue weighted by Crippen LogP contribution is 2.32. The molecule has 144 valence electrons. The van der Waals surface area contributed by atoms with E-state index in [0.29, 0.717) is 5.69 Å². The van der Waals surface area contributed by atoms with Gasteiger partial charge >= 0.3 is 6.03 Å². The van der Waals surface area contributed by atoms with Crippen molar-refractivity contribution in [2.24, 2.45) is 5.73 Å². The lowest BCUT2D eigenvalue weighted by Crippen LogP contribution is -2.29. The summed E-state index contributed by atoms with van der Waals surface area (Å²) in [7, 11) is 0. The summed E-state index contributed by atoms with van der Waals surface area (Å²) in [5.41, 5.74) is 7.00. The van der Waals surface area contributed by atoms with Gasteiger partial charge in [-0.25, -0.2) is 4.79 Å². The monoisotopic (exact) mass is 398 g/mol.